The topological polar surface area (TPSA) is 101 Å². The molecule has 1 aromatic carbocycles. The Kier molecular flexibility index (Phi) is 4.46. The highest BCUT2D eigenvalue weighted by Gasteiger charge is 2.17. The minimum Gasteiger partial charge on any atom is -0.338 e. The first-order chi connectivity index (χ1) is 10.4. The zero-order valence-electron chi connectivity index (χ0n) is 12.9. The highest BCUT2D eigenvalue weighted by Crippen LogP contribution is 2.14. The van der Waals surface area contributed by atoms with Gasteiger partial charge in [-0.25, -0.2) is 0 Å². The van der Waals surface area contributed by atoms with Crippen molar-refractivity contribution in [1.82, 2.24) is 14.5 Å². The summed E-state index contributed by atoms with van der Waals surface area (Å²) in [5, 5.41) is 0. The van der Waals surface area contributed by atoms with Crippen LogP contribution in [0.15, 0.2) is 27.8 Å². The van der Waals surface area contributed by atoms with Crippen LogP contribution in [0, 0.1) is 0 Å². The van der Waals surface area contributed by atoms with Gasteiger partial charge in [0.1, 0.15) is 0 Å². The number of nitrogens with zero attached hydrogens (tertiary/aromatic N) is 2. The van der Waals surface area contributed by atoms with E-state index in [1.54, 1.807) is 37.1 Å². The van der Waals surface area contributed by atoms with Gasteiger partial charge >= 0.3 is 11.1 Å². The van der Waals surface area contributed by atoms with Gasteiger partial charge in [-0.3, -0.25) is 14.4 Å². The number of rotatable bonds is 4. The second-order valence-corrected chi connectivity index (χ2v) is 5.24. The SMILES string of the molecule is CCn1c(=O)c(=O)[nH]c2cc(C(=O)N(C)C(C)CN)ccc21. The number of carbonyl (C=O) groups excluding carboxylic acids is 1. The van der Waals surface area contributed by atoms with Gasteiger partial charge in [0.2, 0.25) is 0 Å². The minimum atomic E-state index is -0.692. The van der Waals surface area contributed by atoms with Gasteiger partial charge in [-0.2, -0.15) is 0 Å². The lowest BCUT2D eigenvalue weighted by molar-refractivity contribution is 0.0748. The molecule has 2 aromatic rings. The van der Waals surface area contributed by atoms with Crippen molar-refractivity contribution < 1.29 is 4.79 Å². The van der Waals surface area contributed by atoms with Gasteiger partial charge in [-0.15, -0.1) is 0 Å². The molecule has 0 aliphatic rings. The maximum Gasteiger partial charge on any atom is 0.316 e. The predicted molar refractivity (Wildman–Crippen MR) is 85.1 cm³/mol. The first-order valence-corrected chi connectivity index (χ1v) is 7.14. The quantitative estimate of drug-likeness (QED) is 0.784. The number of likely N-dealkylation sites (N-methyl/N-ethyl adjacent to an activating group) is 1. The van der Waals surface area contributed by atoms with Crippen molar-refractivity contribution >= 4 is 16.9 Å². The highest BCUT2D eigenvalue weighted by molar-refractivity contribution is 5.97. The van der Waals surface area contributed by atoms with Gasteiger partial charge in [0, 0.05) is 31.7 Å². The number of aromatic nitrogens is 2. The summed E-state index contributed by atoms with van der Waals surface area (Å²) in [5.74, 6) is -0.185. The van der Waals surface area contributed by atoms with Gasteiger partial charge in [0.15, 0.2) is 0 Å². The van der Waals surface area contributed by atoms with Crippen LogP contribution in [-0.4, -0.2) is 40.0 Å². The van der Waals surface area contributed by atoms with Crippen LogP contribution in [0.25, 0.3) is 11.0 Å². The van der Waals surface area contributed by atoms with Crippen LogP contribution in [0.1, 0.15) is 24.2 Å². The van der Waals surface area contributed by atoms with Crippen LogP contribution in [0.2, 0.25) is 0 Å². The summed E-state index contributed by atoms with van der Waals surface area (Å²) in [6, 6.07) is 4.81. The fourth-order valence-electron chi connectivity index (χ4n) is 2.29. The molecule has 1 unspecified atom stereocenters. The first kappa shape index (κ1) is 16.0. The van der Waals surface area contributed by atoms with Crippen LogP contribution < -0.4 is 16.9 Å². The molecule has 0 fully saturated rings. The third-order valence-corrected chi connectivity index (χ3v) is 3.86. The van der Waals surface area contributed by atoms with Gasteiger partial charge in [0.05, 0.1) is 11.0 Å². The lowest BCUT2D eigenvalue weighted by atomic mass is 10.1. The molecular weight excluding hydrogens is 284 g/mol. The summed E-state index contributed by atoms with van der Waals surface area (Å²) in [7, 11) is 1.68. The van der Waals surface area contributed by atoms with E-state index in [1.165, 1.54) is 4.57 Å². The average Bonchev–Trinajstić information content (AvgIpc) is 2.53. The second kappa shape index (κ2) is 6.15. The van der Waals surface area contributed by atoms with E-state index in [0.717, 1.165) is 0 Å². The van der Waals surface area contributed by atoms with Gasteiger partial charge in [-0.1, -0.05) is 0 Å². The third kappa shape index (κ3) is 2.67. The molecule has 1 aromatic heterocycles. The molecule has 0 aliphatic heterocycles. The van der Waals surface area contributed by atoms with Crippen molar-refractivity contribution in [3.05, 3.63) is 44.5 Å². The second-order valence-electron chi connectivity index (χ2n) is 5.24. The monoisotopic (exact) mass is 304 g/mol. The Morgan fingerprint density at radius 1 is 1.41 bits per heavy atom. The summed E-state index contributed by atoms with van der Waals surface area (Å²) in [6.45, 7) is 4.39. The number of nitrogens with one attached hydrogen (secondary N) is 1. The minimum absolute atomic E-state index is 0.0909. The Bertz CT molecular complexity index is 822. The molecule has 7 heteroatoms. The number of H-pyrrole nitrogens is 1. The van der Waals surface area contributed by atoms with E-state index in [-0.39, 0.29) is 11.9 Å². The third-order valence-electron chi connectivity index (χ3n) is 3.86. The fraction of sp³-hybridized carbons (Fsp3) is 0.400. The first-order valence-electron chi connectivity index (χ1n) is 7.14. The zero-order valence-corrected chi connectivity index (χ0v) is 12.9. The van der Waals surface area contributed by atoms with E-state index < -0.39 is 11.1 Å². The number of fused-ring (bicyclic) bond motifs is 1. The average molecular weight is 304 g/mol. The summed E-state index contributed by atoms with van der Waals surface area (Å²) >= 11 is 0. The molecule has 1 atom stereocenters. The van der Waals surface area contributed by atoms with E-state index >= 15 is 0 Å². The molecule has 118 valence electrons. The van der Waals surface area contributed by atoms with Crippen molar-refractivity contribution in [1.29, 1.82) is 0 Å². The predicted octanol–water partition coefficient (Wildman–Crippen LogP) is 0.129. The van der Waals surface area contributed by atoms with Gasteiger partial charge in [0.25, 0.3) is 5.91 Å². The normalized spacial score (nSPS) is 12.4. The van der Waals surface area contributed by atoms with Crippen LogP contribution in [0.3, 0.4) is 0 Å². The Hall–Kier alpha value is -2.41. The molecule has 7 nitrogen and oxygen atoms in total. The van der Waals surface area contributed by atoms with Gasteiger partial charge < -0.3 is 20.2 Å². The number of aryl methyl sites for hydroxylation is 1. The van der Waals surface area contributed by atoms with E-state index in [9.17, 15) is 14.4 Å². The number of carbonyl (C=O) groups is 1. The van der Waals surface area contributed by atoms with E-state index in [2.05, 4.69) is 4.98 Å². The number of aromatic amines is 1. The molecule has 0 bridgehead atoms. The van der Waals surface area contributed by atoms with Crippen molar-refractivity contribution in [3.8, 4) is 0 Å². The standard InChI is InChI=1S/C15H20N4O3/c1-4-19-12-6-5-10(14(21)18(3)9(2)8-16)7-11(12)17-13(20)15(19)22/h5-7,9H,4,8,16H2,1-3H3,(H,17,20). The molecule has 0 spiro atoms. The molecule has 0 radical (unpaired) electrons. The maximum absolute atomic E-state index is 12.4. The zero-order chi connectivity index (χ0) is 16.4. The number of benzene rings is 1. The molecule has 0 saturated heterocycles. The molecule has 3 N–H and O–H groups in total. The summed E-state index contributed by atoms with van der Waals surface area (Å²) in [4.78, 5) is 40.0. The Balaban J connectivity index is 2.56. The fourth-order valence-corrected chi connectivity index (χ4v) is 2.29. The van der Waals surface area contributed by atoms with Crippen molar-refractivity contribution in [3.63, 3.8) is 0 Å². The Labute approximate surface area is 127 Å². The van der Waals surface area contributed by atoms with Crippen molar-refractivity contribution in [2.75, 3.05) is 13.6 Å². The molecule has 22 heavy (non-hydrogen) atoms. The van der Waals surface area contributed by atoms with Crippen molar-refractivity contribution in [2.45, 2.75) is 26.4 Å². The summed E-state index contributed by atoms with van der Waals surface area (Å²) in [5.41, 5.74) is 5.78. The number of hydrogen-bond acceptors (Lipinski definition) is 4. The number of hydrogen-bond donors (Lipinski definition) is 2. The van der Waals surface area contributed by atoms with E-state index in [4.69, 9.17) is 5.73 Å². The van der Waals surface area contributed by atoms with Crippen LogP contribution >= 0.6 is 0 Å². The Morgan fingerprint density at radius 2 is 2.09 bits per heavy atom. The Morgan fingerprint density at radius 3 is 2.68 bits per heavy atom. The largest absolute Gasteiger partial charge is 0.338 e. The molecular formula is C15H20N4O3. The van der Waals surface area contributed by atoms with Crippen LogP contribution in [0.5, 0.6) is 0 Å². The van der Waals surface area contributed by atoms with Crippen molar-refractivity contribution in [2.24, 2.45) is 5.73 Å². The lowest BCUT2D eigenvalue weighted by Crippen LogP contribution is -2.40. The number of amides is 1. The highest BCUT2D eigenvalue weighted by atomic mass is 16.2. The molecule has 1 heterocycles. The van der Waals surface area contributed by atoms with Crippen LogP contribution in [-0.2, 0) is 6.54 Å². The molecule has 2 rings (SSSR count). The molecule has 0 saturated carbocycles. The summed E-state index contributed by atoms with van der Waals surface area (Å²) in [6.07, 6.45) is 0. The molecule has 0 aliphatic carbocycles. The smallest absolute Gasteiger partial charge is 0.316 e. The number of nitrogens with two attached hydrogens (primary N) is 1. The van der Waals surface area contributed by atoms with E-state index in [0.29, 0.717) is 29.7 Å². The van der Waals surface area contributed by atoms with Gasteiger partial charge in [-0.05, 0) is 32.0 Å². The van der Waals surface area contributed by atoms with E-state index in [1.807, 2.05) is 6.92 Å². The molecule has 1 amide bonds. The van der Waals surface area contributed by atoms with Crippen LogP contribution in [0.4, 0.5) is 0 Å². The lowest BCUT2D eigenvalue weighted by Gasteiger charge is -2.23. The maximum atomic E-state index is 12.4. The summed E-state index contributed by atoms with van der Waals surface area (Å²) < 4.78 is 1.38.